The molecule has 1 heterocycles. The average molecular weight is 440 g/mol. The van der Waals surface area contributed by atoms with Gasteiger partial charge in [-0.25, -0.2) is 0 Å². The summed E-state index contributed by atoms with van der Waals surface area (Å²) in [5.74, 6) is 1.71. The van der Waals surface area contributed by atoms with Crippen molar-refractivity contribution >= 4 is 5.78 Å². The molecule has 33 heavy (non-hydrogen) atoms. The fraction of sp³-hybridized carbons (Fsp3) is 0.467. The Bertz CT molecular complexity index is 1170. The first kappa shape index (κ1) is 21.0. The van der Waals surface area contributed by atoms with E-state index in [0.29, 0.717) is 30.0 Å². The van der Waals surface area contributed by atoms with Crippen LogP contribution in [0, 0.1) is 24.2 Å². The van der Waals surface area contributed by atoms with E-state index >= 15 is 0 Å². The second-order valence-corrected chi connectivity index (χ2v) is 11.0. The Morgan fingerprint density at radius 1 is 1.03 bits per heavy atom. The van der Waals surface area contributed by atoms with Crippen molar-refractivity contribution in [3.63, 3.8) is 0 Å². The number of carbonyl (C=O) groups excluding carboxylic acids is 1. The molecule has 0 aliphatic heterocycles. The van der Waals surface area contributed by atoms with Crippen molar-refractivity contribution in [3.8, 4) is 11.1 Å². The smallest absolute Gasteiger partial charge is 0.156 e. The van der Waals surface area contributed by atoms with Crippen molar-refractivity contribution in [2.75, 3.05) is 0 Å². The van der Waals surface area contributed by atoms with Gasteiger partial charge in [0.25, 0.3) is 0 Å². The van der Waals surface area contributed by atoms with Crippen LogP contribution in [0.5, 0.6) is 0 Å². The molecule has 5 unspecified atom stereocenters. The molecule has 6 rings (SSSR count). The third kappa shape index (κ3) is 3.27. The van der Waals surface area contributed by atoms with Crippen molar-refractivity contribution in [3.05, 3.63) is 76.6 Å². The zero-order chi connectivity index (χ0) is 22.7. The Labute approximate surface area is 196 Å². The Balaban J connectivity index is 1.46. The van der Waals surface area contributed by atoms with Gasteiger partial charge in [-0.15, -0.1) is 0 Å². The molecule has 0 saturated heterocycles. The Morgan fingerprint density at radius 3 is 2.64 bits per heavy atom. The summed E-state index contributed by atoms with van der Waals surface area (Å²) in [6.07, 6.45) is 12.2. The fourth-order valence-corrected chi connectivity index (χ4v) is 7.62. The SMILES string of the molecule is Cc1cnccc1-c1ccc(C2CC3(C)C(O)CCC3C3CCC4=CC(=O)CCC4=C23)cc1. The maximum Gasteiger partial charge on any atom is 0.156 e. The summed E-state index contributed by atoms with van der Waals surface area (Å²) in [6, 6.07) is 11.2. The highest BCUT2D eigenvalue weighted by Crippen LogP contribution is 2.63. The third-order valence-electron chi connectivity index (χ3n) is 9.33. The summed E-state index contributed by atoms with van der Waals surface area (Å²) in [5.41, 5.74) is 9.35. The molecule has 0 bridgehead atoms. The molecular weight excluding hydrogens is 406 g/mol. The summed E-state index contributed by atoms with van der Waals surface area (Å²) in [7, 11) is 0. The van der Waals surface area contributed by atoms with E-state index in [4.69, 9.17) is 0 Å². The number of hydrogen-bond donors (Lipinski definition) is 1. The first-order chi connectivity index (χ1) is 16.0. The van der Waals surface area contributed by atoms with Gasteiger partial charge in [-0.2, -0.15) is 0 Å². The summed E-state index contributed by atoms with van der Waals surface area (Å²) in [6.45, 7) is 4.45. The van der Waals surface area contributed by atoms with E-state index in [2.05, 4.69) is 49.2 Å². The van der Waals surface area contributed by atoms with Crippen LogP contribution in [0.4, 0.5) is 0 Å². The number of aryl methyl sites for hydroxylation is 1. The Kier molecular flexibility index (Phi) is 4.95. The van der Waals surface area contributed by atoms with Gasteiger partial charge >= 0.3 is 0 Å². The minimum Gasteiger partial charge on any atom is -0.393 e. The van der Waals surface area contributed by atoms with E-state index in [1.54, 1.807) is 5.57 Å². The predicted octanol–water partition coefficient (Wildman–Crippen LogP) is 6.32. The van der Waals surface area contributed by atoms with Gasteiger partial charge in [0.05, 0.1) is 6.10 Å². The molecule has 0 spiro atoms. The van der Waals surface area contributed by atoms with Gasteiger partial charge in [-0.1, -0.05) is 36.8 Å². The molecular formula is C30H33NO2. The lowest BCUT2D eigenvalue weighted by molar-refractivity contribution is -0.114. The van der Waals surface area contributed by atoms with Crippen molar-refractivity contribution in [2.24, 2.45) is 17.3 Å². The monoisotopic (exact) mass is 439 g/mol. The maximum atomic E-state index is 12.2. The van der Waals surface area contributed by atoms with E-state index in [9.17, 15) is 9.90 Å². The molecule has 0 amide bonds. The number of pyridine rings is 1. The summed E-state index contributed by atoms with van der Waals surface area (Å²) >= 11 is 0. The van der Waals surface area contributed by atoms with Gasteiger partial charge in [0.15, 0.2) is 5.78 Å². The number of nitrogens with zero attached hydrogens (tertiary/aromatic N) is 1. The molecule has 0 radical (unpaired) electrons. The van der Waals surface area contributed by atoms with Crippen LogP contribution >= 0.6 is 0 Å². The van der Waals surface area contributed by atoms with E-state index in [1.807, 2.05) is 18.5 Å². The summed E-state index contributed by atoms with van der Waals surface area (Å²) in [5, 5.41) is 11.1. The van der Waals surface area contributed by atoms with Gasteiger partial charge in [0.1, 0.15) is 0 Å². The molecule has 4 aliphatic carbocycles. The zero-order valence-electron chi connectivity index (χ0n) is 19.7. The molecule has 4 aliphatic rings. The molecule has 3 heteroatoms. The van der Waals surface area contributed by atoms with Gasteiger partial charge in [-0.3, -0.25) is 9.78 Å². The first-order valence-corrected chi connectivity index (χ1v) is 12.6. The molecule has 3 nitrogen and oxygen atoms in total. The van der Waals surface area contributed by atoms with Crippen LogP contribution in [0.25, 0.3) is 11.1 Å². The number of ketones is 1. The van der Waals surface area contributed by atoms with Gasteiger partial charge in [0, 0.05) is 24.7 Å². The lowest BCUT2D eigenvalue weighted by Crippen LogP contribution is -2.45. The number of aliphatic hydroxyl groups excluding tert-OH is 1. The van der Waals surface area contributed by atoms with Crippen LogP contribution < -0.4 is 0 Å². The van der Waals surface area contributed by atoms with Crippen LogP contribution in [0.1, 0.15) is 68.9 Å². The van der Waals surface area contributed by atoms with Crippen LogP contribution in [0.15, 0.2) is 65.5 Å². The molecule has 2 fully saturated rings. The van der Waals surface area contributed by atoms with E-state index < -0.39 is 0 Å². The number of aromatic nitrogens is 1. The first-order valence-electron chi connectivity index (χ1n) is 12.6. The number of fused-ring (bicyclic) bond motifs is 4. The Morgan fingerprint density at radius 2 is 1.85 bits per heavy atom. The minimum atomic E-state index is -0.208. The van der Waals surface area contributed by atoms with E-state index in [0.717, 1.165) is 38.5 Å². The predicted molar refractivity (Wildman–Crippen MR) is 131 cm³/mol. The molecule has 1 aromatic heterocycles. The lowest BCUT2D eigenvalue weighted by atomic mass is 9.53. The van der Waals surface area contributed by atoms with E-state index in [-0.39, 0.29) is 11.5 Å². The quantitative estimate of drug-likeness (QED) is 0.596. The highest BCUT2D eigenvalue weighted by molar-refractivity contribution is 5.93. The highest BCUT2D eigenvalue weighted by atomic mass is 16.3. The summed E-state index contributed by atoms with van der Waals surface area (Å²) < 4.78 is 0. The molecule has 1 N–H and O–H groups in total. The molecule has 1 aromatic carbocycles. The Hall–Kier alpha value is -2.52. The zero-order valence-corrected chi connectivity index (χ0v) is 19.7. The van der Waals surface area contributed by atoms with Crippen LogP contribution in [-0.4, -0.2) is 22.0 Å². The average Bonchev–Trinajstić information content (AvgIpc) is 3.13. The molecule has 170 valence electrons. The van der Waals surface area contributed by atoms with Gasteiger partial charge < -0.3 is 5.11 Å². The van der Waals surface area contributed by atoms with Crippen LogP contribution in [-0.2, 0) is 4.79 Å². The summed E-state index contributed by atoms with van der Waals surface area (Å²) in [4.78, 5) is 16.4. The number of carbonyl (C=O) groups is 1. The second-order valence-electron chi connectivity index (χ2n) is 11.0. The van der Waals surface area contributed by atoms with Gasteiger partial charge in [0.2, 0.25) is 0 Å². The number of hydrogen-bond acceptors (Lipinski definition) is 3. The topological polar surface area (TPSA) is 50.2 Å². The number of aliphatic hydroxyl groups is 1. The van der Waals surface area contributed by atoms with Crippen molar-refractivity contribution in [1.82, 2.24) is 4.98 Å². The van der Waals surface area contributed by atoms with Crippen molar-refractivity contribution in [2.45, 2.75) is 70.8 Å². The maximum absolute atomic E-state index is 12.2. The van der Waals surface area contributed by atoms with Crippen molar-refractivity contribution < 1.29 is 9.90 Å². The molecule has 2 aromatic rings. The second kappa shape index (κ2) is 7.77. The molecule has 2 saturated carbocycles. The van der Waals surface area contributed by atoms with E-state index in [1.165, 1.54) is 33.4 Å². The minimum absolute atomic E-state index is 0.0224. The van der Waals surface area contributed by atoms with Crippen LogP contribution in [0.3, 0.4) is 0 Å². The fourth-order valence-electron chi connectivity index (χ4n) is 7.62. The standard InChI is InChI=1S/C30H33NO2/c1-18-17-31-14-13-23(18)19-3-5-20(6-4-19)26-16-30(2)27(11-12-28(30)33)25-9-7-21-15-22(32)8-10-24(21)29(25)26/h3-6,13-15,17,25-28,33H,7-12,16H2,1-2H3. The number of rotatable bonds is 2. The largest absolute Gasteiger partial charge is 0.393 e. The number of allylic oxidation sites excluding steroid dienone is 4. The number of benzene rings is 1. The van der Waals surface area contributed by atoms with Crippen molar-refractivity contribution in [1.29, 1.82) is 0 Å². The highest BCUT2D eigenvalue weighted by Gasteiger charge is 2.56. The third-order valence-corrected chi connectivity index (χ3v) is 9.33. The van der Waals surface area contributed by atoms with Gasteiger partial charge in [-0.05, 0) is 108 Å². The van der Waals surface area contributed by atoms with Crippen LogP contribution in [0.2, 0.25) is 0 Å². The lowest BCUT2D eigenvalue weighted by Gasteiger charge is -2.52. The normalized spacial score (nSPS) is 33.3. The molecule has 5 atom stereocenters.